The zero-order chi connectivity index (χ0) is 20.4. The normalized spacial score (nSPS) is 15.9. The third-order valence-electron chi connectivity index (χ3n) is 5.49. The van der Waals surface area contributed by atoms with Crippen molar-refractivity contribution in [1.29, 1.82) is 0 Å². The van der Waals surface area contributed by atoms with Crippen LogP contribution in [-0.4, -0.2) is 34.8 Å². The third-order valence-corrected chi connectivity index (χ3v) is 5.49. The Bertz CT molecular complexity index is 1070. The van der Waals surface area contributed by atoms with Gasteiger partial charge in [-0.3, -0.25) is 9.59 Å². The van der Waals surface area contributed by atoms with Crippen LogP contribution in [0.15, 0.2) is 54.7 Å². The van der Waals surface area contributed by atoms with E-state index in [1.165, 1.54) is 12.1 Å². The Morgan fingerprint density at radius 1 is 1.14 bits per heavy atom. The average molecular weight is 396 g/mol. The summed E-state index contributed by atoms with van der Waals surface area (Å²) in [5.74, 6) is -1.49. The van der Waals surface area contributed by atoms with Gasteiger partial charge in [-0.2, -0.15) is 0 Å². The first-order chi connectivity index (χ1) is 14.0. The number of halogens is 1. The number of carboxylic acids is 1. The lowest BCUT2D eigenvalue weighted by Crippen LogP contribution is -2.44. The largest absolute Gasteiger partial charge is 0.480 e. The van der Waals surface area contributed by atoms with Gasteiger partial charge in [-0.15, -0.1) is 0 Å². The van der Waals surface area contributed by atoms with Crippen molar-refractivity contribution in [2.75, 3.05) is 18.5 Å². The molecule has 7 heteroatoms. The molecule has 150 valence electrons. The van der Waals surface area contributed by atoms with Crippen molar-refractivity contribution in [3.63, 3.8) is 0 Å². The SMILES string of the molecule is O=C(O)Cn1ccc2cc(NC(=O)C3(c4cccc(F)c4)CCOCC3)ccc21. The molecule has 4 rings (SSSR count). The van der Waals surface area contributed by atoms with Crippen molar-refractivity contribution in [3.05, 3.63) is 66.1 Å². The summed E-state index contributed by atoms with van der Waals surface area (Å²) in [5, 5.41) is 12.8. The van der Waals surface area contributed by atoms with Crippen LogP contribution in [0.1, 0.15) is 18.4 Å². The Morgan fingerprint density at radius 2 is 1.93 bits per heavy atom. The van der Waals surface area contributed by atoms with Crippen molar-refractivity contribution < 1.29 is 23.8 Å². The van der Waals surface area contributed by atoms with Crippen molar-refractivity contribution >= 4 is 28.5 Å². The second-order valence-corrected chi connectivity index (χ2v) is 7.27. The Labute approximate surface area is 166 Å². The molecule has 0 aliphatic carbocycles. The maximum Gasteiger partial charge on any atom is 0.323 e. The molecule has 0 radical (unpaired) electrons. The van der Waals surface area contributed by atoms with Crippen LogP contribution in [0, 0.1) is 5.82 Å². The minimum atomic E-state index is -0.920. The molecule has 0 bridgehead atoms. The molecule has 3 aromatic rings. The number of amides is 1. The van der Waals surface area contributed by atoms with E-state index in [0.717, 1.165) is 10.9 Å². The highest BCUT2D eigenvalue weighted by Crippen LogP contribution is 2.36. The molecule has 1 amide bonds. The molecule has 1 aromatic heterocycles. The van der Waals surface area contributed by atoms with E-state index in [1.807, 2.05) is 12.1 Å². The molecule has 0 spiro atoms. The number of ether oxygens (including phenoxy) is 1. The van der Waals surface area contributed by atoms with Gasteiger partial charge in [0.1, 0.15) is 12.4 Å². The summed E-state index contributed by atoms with van der Waals surface area (Å²) in [4.78, 5) is 24.3. The zero-order valence-corrected chi connectivity index (χ0v) is 15.7. The van der Waals surface area contributed by atoms with Gasteiger partial charge in [0, 0.05) is 36.0 Å². The summed E-state index contributed by atoms with van der Waals surface area (Å²) in [6.07, 6.45) is 2.65. The van der Waals surface area contributed by atoms with Gasteiger partial charge in [0.2, 0.25) is 5.91 Å². The second-order valence-electron chi connectivity index (χ2n) is 7.27. The Morgan fingerprint density at radius 3 is 2.66 bits per heavy atom. The predicted molar refractivity (Wildman–Crippen MR) is 106 cm³/mol. The summed E-state index contributed by atoms with van der Waals surface area (Å²) in [6, 6.07) is 13.3. The molecule has 2 aromatic carbocycles. The van der Waals surface area contributed by atoms with Crippen molar-refractivity contribution in [3.8, 4) is 0 Å². The molecular formula is C22H21FN2O4. The fourth-order valence-electron chi connectivity index (χ4n) is 3.97. The lowest BCUT2D eigenvalue weighted by molar-refractivity contribution is -0.137. The van der Waals surface area contributed by atoms with Crippen LogP contribution in [0.2, 0.25) is 0 Å². The molecular weight excluding hydrogens is 375 g/mol. The number of anilines is 1. The quantitative estimate of drug-likeness (QED) is 0.691. The molecule has 0 saturated carbocycles. The summed E-state index contributed by atoms with van der Waals surface area (Å²) in [7, 11) is 0. The molecule has 1 saturated heterocycles. The Balaban J connectivity index is 1.63. The van der Waals surface area contributed by atoms with Gasteiger partial charge in [-0.1, -0.05) is 12.1 Å². The Hall–Kier alpha value is -3.19. The molecule has 1 aliphatic heterocycles. The van der Waals surface area contributed by atoms with Gasteiger partial charge >= 0.3 is 5.97 Å². The maximum absolute atomic E-state index is 13.8. The molecule has 2 heterocycles. The number of hydrogen-bond donors (Lipinski definition) is 2. The zero-order valence-electron chi connectivity index (χ0n) is 15.7. The minimum Gasteiger partial charge on any atom is -0.480 e. The number of nitrogens with zero attached hydrogens (tertiary/aromatic N) is 1. The number of benzene rings is 2. The van der Waals surface area contributed by atoms with Crippen LogP contribution < -0.4 is 5.32 Å². The van der Waals surface area contributed by atoms with E-state index in [1.54, 1.807) is 35.0 Å². The molecule has 6 nitrogen and oxygen atoms in total. The van der Waals surface area contributed by atoms with E-state index >= 15 is 0 Å². The van der Waals surface area contributed by atoms with E-state index in [0.29, 0.717) is 37.3 Å². The van der Waals surface area contributed by atoms with Gasteiger partial charge in [0.15, 0.2) is 0 Å². The molecule has 0 atom stereocenters. The number of carbonyl (C=O) groups is 2. The van der Waals surface area contributed by atoms with Crippen molar-refractivity contribution in [1.82, 2.24) is 4.57 Å². The molecule has 29 heavy (non-hydrogen) atoms. The van der Waals surface area contributed by atoms with Gasteiger partial charge in [-0.05, 0) is 54.8 Å². The topological polar surface area (TPSA) is 80.6 Å². The van der Waals surface area contributed by atoms with Gasteiger partial charge < -0.3 is 19.7 Å². The summed E-state index contributed by atoms with van der Waals surface area (Å²) >= 11 is 0. The number of carboxylic acid groups (broad SMARTS) is 1. The number of carbonyl (C=O) groups excluding carboxylic acids is 1. The van der Waals surface area contributed by atoms with Crippen LogP contribution >= 0.6 is 0 Å². The van der Waals surface area contributed by atoms with E-state index in [4.69, 9.17) is 9.84 Å². The number of aromatic nitrogens is 1. The lowest BCUT2D eigenvalue weighted by atomic mass is 9.73. The molecule has 1 aliphatic rings. The second kappa shape index (κ2) is 7.67. The van der Waals surface area contributed by atoms with Crippen LogP contribution in [0.4, 0.5) is 10.1 Å². The van der Waals surface area contributed by atoms with Crippen LogP contribution in [0.5, 0.6) is 0 Å². The lowest BCUT2D eigenvalue weighted by Gasteiger charge is -2.36. The first-order valence-corrected chi connectivity index (χ1v) is 9.44. The standard InChI is InChI=1S/C22H21FN2O4/c23-17-3-1-2-16(13-17)22(7-10-29-11-8-22)21(28)24-18-4-5-19-15(12-18)6-9-25(19)14-20(26)27/h1-6,9,12-13H,7-8,10-11,14H2,(H,24,28)(H,26,27). The van der Waals surface area contributed by atoms with Crippen molar-refractivity contribution in [2.45, 2.75) is 24.8 Å². The predicted octanol–water partition coefficient (Wildman–Crippen LogP) is 3.55. The maximum atomic E-state index is 13.8. The average Bonchev–Trinajstić information content (AvgIpc) is 3.10. The number of rotatable bonds is 5. The smallest absolute Gasteiger partial charge is 0.323 e. The molecule has 1 fully saturated rings. The minimum absolute atomic E-state index is 0.127. The summed E-state index contributed by atoms with van der Waals surface area (Å²) in [6.45, 7) is 0.736. The van der Waals surface area contributed by atoms with Crippen LogP contribution in [0.25, 0.3) is 10.9 Å². The van der Waals surface area contributed by atoms with E-state index < -0.39 is 11.4 Å². The number of aliphatic carboxylic acids is 1. The van der Waals surface area contributed by atoms with E-state index in [2.05, 4.69) is 5.32 Å². The summed E-state index contributed by atoms with van der Waals surface area (Å²) in [5.41, 5.74) is 1.17. The van der Waals surface area contributed by atoms with E-state index in [-0.39, 0.29) is 18.3 Å². The van der Waals surface area contributed by atoms with Gasteiger partial charge in [-0.25, -0.2) is 4.39 Å². The molecule has 0 unspecified atom stereocenters. The third kappa shape index (κ3) is 3.73. The van der Waals surface area contributed by atoms with Crippen LogP contribution in [0.3, 0.4) is 0 Å². The highest BCUT2D eigenvalue weighted by Gasteiger charge is 2.42. The first-order valence-electron chi connectivity index (χ1n) is 9.44. The number of fused-ring (bicyclic) bond motifs is 1. The summed E-state index contributed by atoms with van der Waals surface area (Å²) < 4.78 is 20.9. The number of nitrogens with one attached hydrogen (secondary N) is 1. The number of hydrogen-bond acceptors (Lipinski definition) is 3. The monoisotopic (exact) mass is 396 g/mol. The van der Waals surface area contributed by atoms with E-state index in [9.17, 15) is 14.0 Å². The molecule has 2 N–H and O–H groups in total. The van der Waals surface area contributed by atoms with Gasteiger partial charge in [0.25, 0.3) is 0 Å². The van der Waals surface area contributed by atoms with Crippen LogP contribution in [-0.2, 0) is 26.3 Å². The van der Waals surface area contributed by atoms with Gasteiger partial charge in [0.05, 0.1) is 5.41 Å². The van der Waals surface area contributed by atoms with Crippen molar-refractivity contribution in [2.24, 2.45) is 0 Å². The highest BCUT2D eigenvalue weighted by molar-refractivity contribution is 6.00. The highest BCUT2D eigenvalue weighted by atomic mass is 19.1. The fourth-order valence-corrected chi connectivity index (χ4v) is 3.97. The fraction of sp³-hybridized carbons (Fsp3) is 0.273. The first kappa shape index (κ1) is 19.1. The Kier molecular flexibility index (Phi) is 5.07.